The summed E-state index contributed by atoms with van der Waals surface area (Å²) >= 11 is 1.36. The van der Waals surface area contributed by atoms with Crippen molar-refractivity contribution in [2.45, 2.75) is 12.8 Å². The normalized spacial score (nSPS) is 10.8. The summed E-state index contributed by atoms with van der Waals surface area (Å²) in [5, 5.41) is 19.2. The van der Waals surface area contributed by atoms with Gasteiger partial charge in [0.05, 0.1) is 17.2 Å². The van der Waals surface area contributed by atoms with Crippen LogP contribution < -0.4 is 5.32 Å². The molecule has 2 aromatic heterocycles. The second-order valence-electron chi connectivity index (χ2n) is 6.16. The number of hydrogen-bond acceptors (Lipinski definition) is 7. The number of halogens is 1. The summed E-state index contributed by atoms with van der Waals surface area (Å²) in [5.74, 6) is -0.327. The Kier molecular flexibility index (Phi) is 5.27. The van der Waals surface area contributed by atoms with E-state index in [2.05, 4.69) is 20.5 Å². The molecule has 29 heavy (non-hydrogen) atoms. The molecule has 0 saturated heterocycles. The fraction of sp³-hybridized carbons (Fsp3) is 0.150. The molecule has 144 valence electrons. The van der Waals surface area contributed by atoms with Crippen LogP contribution in [-0.4, -0.2) is 27.6 Å². The van der Waals surface area contributed by atoms with Gasteiger partial charge in [-0.2, -0.15) is 5.26 Å². The highest BCUT2D eigenvalue weighted by Gasteiger charge is 2.15. The van der Waals surface area contributed by atoms with Gasteiger partial charge in [0.2, 0.25) is 17.7 Å². The number of nitrogens with zero attached hydrogens (tertiary/aromatic N) is 4. The minimum Gasteiger partial charge on any atom is -0.424 e. The third kappa shape index (κ3) is 4.28. The van der Waals surface area contributed by atoms with Crippen LogP contribution in [0, 0.1) is 17.1 Å². The van der Waals surface area contributed by atoms with Crippen molar-refractivity contribution in [3.8, 4) is 17.2 Å². The van der Waals surface area contributed by atoms with Crippen molar-refractivity contribution < 1.29 is 13.6 Å². The number of rotatable bonds is 6. The van der Waals surface area contributed by atoms with E-state index in [1.54, 1.807) is 0 Å². The zero-order chi connectivity index (χ0) is 20.2. The van der Waals surface area contributed by atoms with Crippen molar-refractivity contribution in [3.63, 3.8) is 0 Å². The predicted molar refractivity (Wildman–Crippen MR) is 104 cm³/mol. The van der Waals surface area contributed by atoms with E-state index in [1.165, 1.54) is 17.4 Å². The number of nitrogens with one attached hydrogen (secondary N) is 1. The van der Waals surface area contributed by atoms with E-state index in [1.807, 2.05) is 42.5 Å². The molecule has 0 saturated carbocycles. The van der Waals surface area contributed by atoms with Crippen LogP contribution in [0.5, 0.6) is 0 Å². The first-order valence-electron chi connectivity index (χ1n) is 8.71. The number of hydrogen-bond donors (Lipinski definition) is 1. The van der Waals surface area contributed by atoms with Crippen molar-refractivity contribution in [1.29, 1.82) is 5.26 Å². The fourth-order valence-electron chi connectivity index (χ4n) is 2.81. The molecule has 9 heteroatoms. The Labute approximate surface area is 168 Å². The molecule has 7 nitrogen and oxygen atoms in total. The molecule has 0 radical (unpaired) electrons. The van der Waals surface area contributed by atoms with Crippen LogP contribution in [0.25, 0.3) is 21.3 Å². The Bertz CT molecular complexity index is 1210. The number of fused-ring (bicyclic) bond motifs is 1. The molecular formula is C20H14FN5O2S. The van der Waals surface area contributed by atoms with Gasteiger partial charge in [-0.3, -0.25) is 4.79 Å². The third-order valence-electron chi connectivity index (χ3n) is 4.09. The van der Waals surface area contributed by atoms with Crippen LogP contribution in [0.1, 0.15) is 16.8 Å². The first-order chi connectivity index (χ1) is 14.1. The molecule has 0 bridgehead atoms. The highest BCUT2D eigenvalue weighted by molar-refractivity contribution is 7.18. The van der Waals surface area contributed by atoms with E-state index in [0.717, 1.165) is 15.8 Å². The summed E-state index contributed by atoms with van der Waals surface area (Å²) in [6, 6.07) is 14.8. The van der Waals surface area contributed by atoms with Crippen LogP contribution in [-0.2, 0) is 17.6 Å². The standard InChI is InChI=1S/C20H14FN5O2S/c21-14-8-13(12-4-2-1-3-5-12)9-15-20(14)24-19(29-15)11-18-26-25-17(28-18)10-16(27)23-7-6-22/h1-5,8-9H,7,10-11H2,(H,23,27). The summed E-state index contributed by atoms with van der Waals surface area (Å²) in [7, 11) is 0. The molecule has 0 fully saturated rings. The van der Waals surface area contributed by atoms with E-state index < -0.39 is 0 Å². The van der Waals surface area contributed by atoms with Gasteiger partial charge in [0, 0.05) is 0 Å². The van der Waals surface area contributed by atoms with Crippen LogP contribution in [0.15, 0.2) is 46.9 Å². The van der Waals surface area contributed by atoms with Crippen molar-refractivity contribution in [2.75, 3.05) is 6.54 Å². The summed E-state index contributed by atoms with van der Waals surface area (Å²) in [4.78, 5) is 16.0. The molecule has 0 aliphatic carbocycles. The lowest BCUT2D eigenvalue weighted by Crippen LogP contribution is -2.25. The molecule has 2 heterocycles. The maximum Gasteiger partial charge on any atom is 0.230 e. The van der Waals surface area contributed by atoms with Crippen molar-refractivity contribution in [3.05, 3.63) is 65.1 Å². The zero-order valence-corrected chi connectivity index (χ0v) is 15.9. The molecule has 1 N–H and O–H groups in total. The molecule has 0 unspecified atom stereocenters. The summed E-state index contributed by atoms with van der Waals surface area (Å²) in [6.07, 6.45) is 0.135. The lowest BCUT2D eigenvalue weighted by Gasteiger charge is -2.01. The highest BCUT2D eigenvalue weighted by atomic mass is 32.1. The van der Waals surface area contributed by atoms with Gasteiger partial charge in [-0.15, -0.1) is 21.5 Å². The second-order valence-corrected chi connectivity index (χ2v) is 7.27. The molecule has 0 atom stereocenters. The SMILES string of the molecule is N#CCNC(=O)Cc1nnc(Cc2nc3c(F)cc(-c4ccccc4)cc3s2)o1. The Morgan fingerprint density at radius 2 is 1.97 bits per heavy atom. The minimum absolute atomic E-state index is 0.0813. The van der Waals surface area contributed by atoms with Gasteiger partial charge in [-0.1, -0.05) is 30.3 Å². The first kappa shape index (κ1) is 18.7. The van der Waals surface area contributed by atoms with Gasteiger partial charge in [0.1, 0.15) is 23.5 Å². The van der Waals surface area contributed by atoms with Crippen molar-refractivity contribution >= 4 is 27.5 Å². The summed E-state index contributed by atoms with van der Waals surface area (Å²) < 4.78 is 20.8. The van der Waals surface area contributed by atoms with Gasteiger partial charge in [0.25, 0.3) is 0 Å². The number of thiazole rings is 1. The third-order valence-corrected chi connectivity index (χ3v) is 5.09. The summed E-state index contributed by atoms with van der Waals surface area (Å²) in [5.41, 5.74) is 2.02. The van der Waals surface area contributed by atoms with E-state index in [-0.39, 0.29) is 42.9 Å². The zero-order valence-electron chi connectivity index (χ0n) is 15.1. The van der Waals surface area contributed by atoms with E-state index in [4.69, 9.17) is 9.68 Å². The molecule has 4 aromatic rings. The van der Waals surface area contributed by atoms with Gasteiger partial charge in [0.15, 0.2) is 5.82 Å². The topological polar surface area (TPSA) is 105 Å². The average molecular weight is 407 g/mol. The molecule has 2 aromatic carbocycles. The van der Waals surface area contributed by atoms with Crippen LogP contribution in [0.3, 0.4) is 0 Å². The minimum atomic E-state index is -0.385. The largest absolute Gasteiger partial charge is 0.424 e. The number of benzene rings is 2. The molecule has 1 amide bonds. The van der Waals surface area contributed by atoms with Crippen molar-refractivity contribution in [2.24, 2.45) is 0 Å². The van der Waals surface area contributed by atoms with Crippen LogP contribution in [0.4, 0.5) is 4.39 Å². The lowest BCUT2D eigenvalue weighted by molar-refractivity contribution is -0.120. The molecule has 0 spiro atoms. The smallest absolute Gasteiger partial charge is 0.230 e. The van der Waals surface area contributed by atoms with Crippen molar-refractivity contribution in [1.82, 2.24) is 20.5 Å². The quantitative estimate of drug-likeness (QED) is 0.492. The van der Waals surface area contributed by atoms with E-state index in [0.29, 0.717) is 10.5 Å². The van der Waals surface area contributed by atoms with Crippen LogP contribution >= 0.6 is 11.3 Å². The predicted octanol–water partition coefficient (Wildman–Crippen LogP) is 3.26. The fourth-order valence-corrected chi connectivity index (χ4v) is 3.82. The van der Waals surface area contributed by atoms with E-state index >= 15 is 0 Å². The highest BCUT2D eigenvalue weighted by Crippen LogP contribution is 2.31. The maximum absolute atomic E-state index is 14.6. The molecule has 4 rings (SSSR count). The Balaban J connectivity index is 1.53. The summed E-state index contributed by atoms with van der Waals surface area (Å²) in [6.45, 7) is -0.0813. The Hall–Kier alpha value is -3.64. The number of aromatic nitrogens is 3. The number of amides is 1. The van der Waals surface area contributed by atoms with Crippen LogP contribution in [0.2, 0.25) is 0 Å². The average Bonchev–Trinajstić information content (AvgIpc) is 3.34. The van der Waals surface area contributed by atoms with E-state index in [9.17, 15) is 9.18 Å². The first-order valence-corrected chi connectivity index (χ1v) is 9.53. The number of nitriles is 1. The molecular weight excluding hydrogens is 393 g/mol. The molecule has 0 aliphatic heterocycles. The van der Waals surface area contributed by atoms with Gasteiger partial charge >= 0.3 is 0 Å². The van der Waals surface area contributed by atoms with Gasteiger partial charge < -0.3 is 9.73 Å². The van der Waals surface area contributed by atoms with Gasteiger partial charge in [-0.25, -0.2) is 9.37 Å². The maximum atomic E-state index is 14.6. The molecule has 0 aliphatic rings. The van der Waals surface area contributed by atoms with Gasteiger partial charge in [-0.05, 0) is 23.3 Å². The number of carbonyl (C=O) groups excluding carboxylic acids is 1. The Morgan fingerprint density at radius 1 is 1.17 bits per heavy atom. The second kappa shape index (κ2) is 8.16. The Morgan fingerprint density at radius 3 is 2.76 bits per heavy atom. The monoisotopic (exact) mass is 407 g/mol. The number of carbonyl (C=O) groups is 1. The lowest BCUT2D eigenvalue weighted by atomic mass is 10.1.